The van der Waals surface area contributed by atoms with Crippen LogP contribution in [0.15, 0.2) is 41.6 Å². The molecule has 0 aliphatic rings. The van der Waals surface area contributed by atoms with Gasteiger partial charge in [-0.1, -0.05) is 18.1 Å². The lowest BCUT2D eigenvalue weighted by atomic mass is 10.2. The van der Waals surface area contributed by atoms with Gasteiger partial charge in [0.05, 0.1) is 11.4 Å². The summed E-state index contributed by atoms with van der Waals surface area (Å²) in [6, 6.07) is 6.69. The lowest BCUT2D eigenvalue weighted by Gasteiger charge is -2.07. The van der Waals surface area contributed by atoms with Gasteiger partial charge in [-0.05, 0) is 12.1 Å². The van der Waals surface area contributed by atoms with Crippen molar-refractivity contribution in [3.05, 3.63) is 36.7 Å². The molecule has 0 atom stereocenters. The summed E-state index contributed by atoms with van der Waals surface area (Å²) in [5.74, 6) is 2.24. The lowest BCUT2D eigenvalue weighted by Crippen LogP contribution is -2.24. The summed E-state index contributed by atoms with van der Waals surface area (Å²) in [5.41, 5.74) is 0. The number of sulfonamides is 1. The van der Waals surface area contributed by atoms with Crippen molar-refractivity contribution in [3.8, 4) is 12.3 Å². The molecule has 2 rings (SSSR count). The fourth-order valence-electron chi connectivity index (χ4n) is 1.54. The Hall–Kier alpha value is -1.90. The highest BCUT2D eigenvalue weighted by Crippen LogP contribution is 2.21. The number of nitrogens with zero attached hydrogens (tertiary/aromatic N) is 1. The Morgan fingerprint density at radius 2 is 2.18 bits per heavy atom. The third-order valence-electron chi connectivity index (χ3n) is 2.29. The van der Waals surface area contributed by atoms with Crippen LogP contribution in [0.5, 0.6) is 0 Å². The van der Waals surface area contributed by atoms with Gasteiger partial charge in [0.25, 0.3) is 0 Å². The van der Waals surface area contributed by atoms with Gasteiger partial charge < -0.3 is 0 Å². The van der Waals surface area contributed by atoms with Crippen molar-refractivity contribution < 1.29 is 8.42 Å². The molecule has 0 radical (unpaired) electrons. The molecule has 0 fully saturated rings. The minimum absolute atomic E-state index is 0.0240. The number of aromatic nitrogens is 1. The number of pyridine rings is 1. The van der Waals surface area contributed by atoms with Gasteiger partial charge in [-0.3, -0.25) is 4.98 Å². The third kappa shape index (κ3) is 2.28. The molecule has 1 aromatic heterocycles. The van der Waals surface area contributed by atoms with E-state index in [4.69, 9.17) is 6.42 Å². The predicted octanol–water partition coefficient (Wildman–Crippen LogP) is 1.15. The van der Waals surface area contributed by atoms with E-state index in [1.54, 1.807) is 30.6 Å². The largest absolute Gasteiger partial charge is 0.264 e. The van der Waals surface area contributed by atoms with Crippen LogP contribution in [0.2, 0.25) is 0 Å². The van der Waals surface area contributed by atoms with E-state index in [1.165, 1.54) is 0 Å². The van der Waals surface area contributed by atoms with Gasteiger partial charge in [0.2, 0.25) is 10.0 Å². The summed E-state index contributed by atoms with van der Waals surface area (Å²) in [4.78, 5) is 4.17. The molecule has 2 aromatic rings. The molecule has 0 unspecified atom stereocenters. The van der Waals surface area contributed by atoms with E-state index in [9.17, 15) is 8.42 Å². The Bertz CT molecular complexity index is 682. The highest BCUT2D eigenvalue weighted by molar-refractivity contribution is 7.89. The van der Waals surface area contributed by atoms with Gasteiger partial charge in [-0.15, -0.1) is 6.42 Å². The highest BCUT2D eigenvalue weighted by atomic mass is 32.2. The molecule has 0 aliphatic heterocycles. The van der Waals surface area contributed by atoms with Crippen LogP contribution >= 0.6 is 0 Å². The molecule has 86 valence electrons. The second-order valence-corrected chi connectivity index (χ2v) is 5.12. The number of rotatable bonds is 3. The molecule has 1 N–H and O–H groups in total. The Morgan fingerprint density at radius 1 is 1.35 bits per heavy atom. The van der Waals surface area contributed by atoms with Crippen molar-refractivity contribution in [1.82, 2.24) is 9.71 Å². The molecule has 0 saturated carbocycles. The van der Waals surface area contributed by atoms with Crippen LogP contribution in [0, 0.1) is 12.3 Å². The van der Waals surface area contributed by atoms with E-state index in [2.05, 4.69) is 15.6 Å². The first-order valence-electron chi connectivity index (χ1n) is 4.91. The van der Waals surface area contributed by atoms with Gasteiger partial charge in [0, 0.05) is 23.2 Å². The maximum absolute atomic E-state index is 12.0. The summed E-state index contributed by atoms with van der Waals surface area (Å²) in [5, 5.41) is 1.41. The smallest absolute Gasteiger partial charge is 0.242 e. The van der Waals surface area contributed by atoms with Crippen LogP contribution in [-0.4, -0.2) is 19.9 Å². The molecule has 0 spiro atoms. The molecular weight excluding hydrogens is 236 g/mol. The van der Waals surface area contributed by atoms with Crippen molar-refractivity contribution in [2.45, 2.75) is 4.90 Å². The summed E-state index contributed by atoms with van der Waals surface area (Å²) < 4.78 is 26.3. The van der Waals surface area contributed by atoms with Crippen molar-refractivity contribution in [1.29, 1.82) is 0 Å². The van der Waals surface area contributed by atoms with Crippen molar-refractivity contribution in [2.75, 3.05) is 6.54 Å². The average molecular weight is 246 g/mol. The second-order valence-electron chi connectivity index (χ2n) is 3.38. The van der Waals surface area contributed by atoms with Crippen molar-refractivity contribution in [3.63, 3.8) is 0 Å². The van der Waals surface area contributed by atoms with Gasteiger partial charge in [0.1, 0.15) is 0 Å². The van der Waals surface area contributed by atoms with Gasteiger partial charge in [-0.2, -0.15) is 4.72 Å². The number of nitrogens with one attached hydrogen (secondary N) is 1. The fraction of sp³-hybridized carbons (Fsp3) is 0.0833. The van der Waals surface area contributed by atoms with Crippen LogP contribution in [0.4, 0.5) is 0 Å². The van der Waals surface area contributed by atoms with Crippen LogP contribution in [-0.2, 0) is 10.0 Å². The molecule has 0 saturated heterocycles. The summed E-state index contributed by atoms with van der Waals surface area (Å²) in [6.07, 6.45) is 8.22. The number of hydrogen-bond acceptors (Lipinski definition) is 3. The zero-order chi connectivity index (χ0) is 12.3. The van der Waals surface area contributed by atoms with E-state index in [0.29, 0.717) is 5.39 Å². The van der Waals surface area contributed by atoms with Crippen LogP contribution in [0.3, 0.4) is 0 Å². The quantitative estimate of drug-likeness (QED) is 0.826. The van der Waals surface area contributed by atoms with E-state index >= 15 is 0 Å². The molecular formula is C12H10N2O2S. The van der Waals surface area contributed by atoms with E-state index < -0.39 is 10.0 Å². The molecule has 0 amide bonds. The molecule has 1 heterocycles. The van der Waals surface area contributed by atoms with Crippen LogP contribution in [0.1, 0.15) is 0 Å². The average Bonchev–Trinajstić information content (AvgIpc) is 2.36. The van der Waals surface area contributed by atoms with E-state index in [-0.39, 0.29) is 11.4 Å². The summed E-state index contributed by atoms with van der Waals surface area (Å²) in [7, 11) is -3.57. The van der Waals surface area contributed by atoms with Crippen molar-refractivity contribution >= 4 is 20.8 Å². The zero-order valence-electron chi connectivity index (χ0n) is 8.92. The number of fused-ring (bicyclic) bond motifs is 1. The number of terminal acetylenes is 1. The SMILES string of the molecule is C#CCNS(=O)(=O)c1cccc2cnccc12. The number of benzene rings is 1. The van der Waals surface area contributed by atoms with Gasteiger partial charge in [-0.25, -0.2) is 8.42 Å². The Balaban J connectivity index is 2.60. The molecule has 4 nitrogen and oxygen atoms in total. The Labute approximate surface area is 99.7 Å². The minimum atomic E-state index is -3.57. The number of hydrogen-bond donors (Lipinski definition) is 1. The fourth-order valence-corrected chi connectivity index (χ4v) is 2.70. The van der Waals surface area contributed by atoms with Crippen molar-refractivity contribution in [2.24, 2.45) is 0 Å². The first-order chi connectivity index (χ1) is 8.15. The summed E-state index contributed by atoms with van der Waals surface area (Å²) >= 11 is 0. The normalized spacial score (nSPS) is 11.2. The minimum Gasteiger partial charge on any atom is -0.264 e. The maximum atomic E-state index is 12.0. The topological polar surface area (TPSA) is 59.1 Å². The Kier molecular flexibility index (Phi) is 3.09. The third-order valence-corrected chi connectivity index (χ3v) is 3.75. The van der Waals surface area contributed by atoms with Crippen LogP contribution in [0.25, 0.3) is 10.8 Å². The molecule has 0 bridgehead atoms. The molecule has 17 heavy (non-hydrogen) atoms. The standard InChI is InChI=1S/C12H10N2O2S/c1-2-7-14-17(15,16)12-5-3-4-10-9-13-8-6-11(10)12/h1,3-6,8-9,14H,7H2. The molecule has 0 aliphatic carbocycles. The predicted molar refractivity (Wildman–Crippen MR) is 65.8 cm³/mol. The monoisotopic (exact) mass is 246 g/mol. The van der Waals surface area contributed by atoms with Crippen LogP contribution < -0.4 is 4.72 Å². The maximum Gasteiger partial charge on any atom is 0.242 e. The first kappa shape index (κ1) is 11.6. The lowest BCUT2D eigenvalue weighted by molar-refractivity contribution is 0.587. The highest BCUT2D eigenvalue weighted by Gasteiger charge is 2.15. The van der Waals surface area contributed by atoms with E-state index in [0.717, 1.165) is 5.39 Å². The van der Waals surface area contributed by atoms with E-state index in [1.807, 2.05) is 6.07 Å². The second kappa shape index (κ2) is 4.53. The molecule has 1 aromatic carbocycles. The molecule has 5 heteroatoms. The summed E-state index contributed by atoms with van der Waals surface area (Å²) in [6.45, 7) is -0.0240. The first-order valence-corrected chi connectivity index (χ1v) is 6.39. The van der Waals surface area contributed by atoms with Gasteiger partial charge >= 0.3 is 0 Å². The zero-order valence-corrected chi connectivity index (χ0v) is 9.74. The van der Waals surface area contributed by atoms with Gasteiger partial charge in [0.15, 0.2) is 0 Å². The Morgan fingerprint density at radius 3 is 2.94 bits per heavy atom.